The van der Waals surface area contributed by atoms with Crippen molar-refractivity contribution in [1.29, 1.82) is 0 Å². The van der Waals surface area contributed by atoms with Crippen molar-refractivity contribution in [1.82, 2.24) is 20.9 Å². The number of urea groups is 1. The number of nitrogens with one attached hydrogen (secondary N) is 3. The van der Waals surface area contributed by atoms with Gasteiger partial charge in [0.1, 0.15) is 0 Å². The van der Waals surface area contributed by atoms with Crippen molar-refractivity contribution in [2.75, 3.05) is 13.1 Å². The molecule has 7 heteroatoms. The number of hydrogen-bond acceptors (Lipinski definition) is 4. The molecule has 6 nitrogen and oxygen atoms in total. The summed E-state index contributed by atoms with van der Waals surface area (Å²) in [6, 6.07) is 8.53. The van der Waals surface area contributed by atoms with Crippen LogP contribution in [0.5, 0.6) is 0 Å². The molecule has 162 valence electrons. The van der Waals surface area contributed by atoms with Crippen LogP contribution in [-0.2, 0) is 11.2 Å². The van der Waals surface area contributed by atoms with Crippen molar-refractivity contribution < 1.29 is 9.59 Å². The number of benzene rings is 1. The van der Waals surface area contributed by atoms with Gasteiger partial charge in [0.15, 0.2) is 0 Å². The molecule has 1 aliphatic carbocycles. The van der Waals surface area contributed by atoms with Gasteiger partial charge in [0, 0.05) is 36.5 Å². The van der Waals surface area contributed by atoms with E-state index in [4.69, 9.17) is 0 Å². The Labute approximate surface area is 182 Å². The second-order valence-corrected chi connectivity index (χ2v) is 8.95. The first-order valence-electron chi connectivity index (χ1n) is 10.9. The van der Waals surface area contributed by atoms with Gasteiger partial charge in [-0.3, -0.25) is 4.79 Å². The molecule has 2 aromatic rings. The van der Waals surface area contributed by atoms with Crippen molar-refractivity contribution in [3.8, 4) is 11.3 Å². The van der Waals surface area contributed by atoms with E-state index >= 15 is 0 Å². The highest BCUT2D eigenvalue weighted by atomic mass is 32.1. The van der Waals surface area contributed by atoms with Gasteiger partial charge in [-0.15, -0.1) is 11.3 Å². The van der Waals surface area contributed by atoms with Gasteiger partial charge in [-0.2, -0.15) is 0 Å². The van der Waals surface area contributed by atoms with Gasteiger partial charge in [0.25, 0.3) is 0 Å². The van der Waals surface area contributed by atoms with Gasteiger partial charge in [-0.25, -0.2) is 9.78 Å². The molecule has 1 heterocycles. The topological polar surface area (TPSA) is 83.1 Å². The number of nitrogens with zero attached hydrogens (tertiary/aromatic N) is 1. The van der Waals surface area contributed by atoms with Crippen molar-refractivity contribution in [2.45, 2.75) is 64.3 Å². The first-order valence-corrected chi connectivity index (χ1v) is 11.8. The maximum absolute atomic E-state index is 12.0. The third kappa shape index (κ3) is 7.44. The Morgan fingerprint density at radius 1 is 1.07 bits per heavy atom. The van der Waals surface area contributed by atoms with Crippen LogP contribution in [0.3, 0.4) is 0 Å². The Morgan fingerprint density at radius 2 is 1.83 bits per heavy atom. The van der Waals surface area contributed by atoms with E-state index in [1.165, 1.54) is 24.8 Å². The zero-order chi connectivity index (χ0) is 21.2. The summed E-state index contributed by atoms with van der Waals surface area (Å²) in [5.41, 5.74) is 3.32. The van der Waals surface area contributed by atoms with Gasteiger partial charge in [0.2, 0.25) is 5.91 Å². The van der Waals surface area contributed by atoms with E-state index in [0.717, 1.165) is 35.5 Å². The van der Waals surface area contributed by atoms with Gasteiger partial charge in [-0.05, 0) is 38.2 Å². The molecule has 0 aliphatic heterocycles. The number of aromatic nitrogens is 1. The molecule has 0 atom stereocenters. The average molecular weight is 429 g/mol. The van der Waals surface area contributed by atoms with E-state index in [1.54, 1.807) is 11.3 Å². The number of carbonyl (C=O) groups is 2. The number of hydrogen-bond donors (Lipinski definition) is 3. The summed E-state index contributed by atoms with van der Waals surface area (Å²) in [5, 5.41) is 12.0. The van der Waals surface area contributed by atoms with E-state index in [9.17, 15) is 9.59 Å². The molecular weight excluding hydrogens is 396 g/mol. The van der Waals surface area contributed by atoms with E-state index < -0.39 is 0 Å². The molecule has 0 spiro atoms. The Bertz CT molecular complexity index is 813. The zero-order valence-electron chi connectivity index (χ0n) is 17.7. The third-order valence-corrected chi connectivity index (χ3v) is 6.18. The quantitative estimate of drug-likeness (QED) is 0.524. The van der Waals surface area contributed by atoms with Crippen LogP contribution in [-0.4, -0.2) is 36.1 Å². The molecule has 30 heavy (non-hydrogen) atoms. The van der Waals surface area contributed by atoms with Crippen LogP contribution in [0, 0.1) is 6.92 Å². The lowest BCUT2D eigenvalue weighted by Gasteiger charge is -2.22. The molecule has 1 aromatic carbocycles. The Hall–Kier alpha value is -2.41. The summed E-state index contributed by atoms with van der Waals surface area (Å²) in [5.74, 6) is 0.0269. The Morgan fingerprint density at radius 3 is 2.53 bits per heavy atom. The molecule has 1 saturated carbocycles. The number of amides is 3. The third-order valence-electron chi connectivity index (χ3n) is 5.41. The van der Waals surface area contributed by atoms with Gasteiger partial charge < -0.3 is 16.0 Å². The summed E-state index contributed by atoms with van der Waals surface area (Å²) >= 11 is 1.65. The van der Waals surface area contributed by atoms with E-state index in [2.05, 4.69) is 50.6 Å². The second kappa shape index (κ2) is 11.7. The highest BCUT2D eigenvalue weighted by Crippen LogP contribution is 2.22. The molecule has 3 N–H and O–H groups in total. The van der Waals surface area contributed by atoms with Crippen molar-refractivity contribution >= 4 is 23.3 Å². The monoisotopic (exact) mass is 428 g/mol. The lowest BCUT2D eigenvalue weighted by Crippen LogP contribution is -2.43. The lowest BCUT2D eigenvalue weighted by molar-refractivity contribution is -0.121. The Kier molecular flexibility index (Phi) is 8.68. The highest BCUT2D eigenvalue weighted by Gasteiger charge is 2.15. The van der Waals surface area contributed by atoms with Gasteiger partial charge in [0.05, 0.1) is 10.7 Å². The summed E-state index contributed by atoms with van der Waals surface area (Å²) in [4.78, 5) is 28.4. The average Bonchev–Trinajstić information content (AvgIpc) is 3.19. The van der Waals surface area contributed by atoms with Crippen LogP contribution in [0.1, 0.15) is 55.5 Å². The minimum Gasteiger partial charge on any atom is -0.356 e. The number of carbonyl (C=O) groups excluding carboxylic acids is 2. The van der Waals surface area contributed by atoms with Crippen LogP contribution in [0.25, 0.3) is 11.3 Å². The number of aryl methyl sites for hydroxylation is 1. The summed E-state index contributed by atoms with van der Waals surface area (Å²) in [6.07, 6.45) is 7.67. The maximum atomic E-state index is 12.0. The summed E-state index contributed by atoms with van der Waals surface area (Å²) in [6.45, 7) is 3.14. The van der Waals surface area contributed by atoms with Crippen LogP contribution in [0.15, 0.2) is 29.6 Å². The van der Waals surface area contributed by atoms with Crippen LogP contribution in [0.4, 0.5) is 4.79 Å². The summed E-state index contributed by atoms with van der Waals surface area (Å²) < 4.78 is 0. The smallest absolute Gasteiger partial charge is 0.315 e. The molecule has 1 aromatic heterocycles. The molecule has 1 aliphatic rings. The molecule has 3 rings (SSSR count). The predicted octanol–water partition coefficient (Wildman–Crippen LogP) is 4.19. The fourth-order valence-corrected chi connectivity index (χ4v) is 4.33. The Balaban J connectivity index is 1.25. The van der Waals surface area contributed by atoms with Gasteiger partial charge in [-0.1, -0.05) is 43.5 Å². The maximum Gasteiger partial charge on any atom is 0.315 e. The fraction of sp³-hybridized carbons (Fsp3) is 0.522. The summed E-state index contributed by atoms with van der Waals surface area (Å²) in [7, 11) is 0. The molecule has 0 unspecified atom stereocenters. The first kappa shape index (κ1) is 22.3. The highest BCUT2D eigenvalue weighted by molar-refractivity contribution is 7.09. The number of rotatable bonds is 9. The largest absolute Gasteiger partial charge is 0.356 e. The molecule has 1 fully saturated rings. The fourth-order valence-electron chi connectivity index (χ4n) is 3.71. The minimum absolute atomic E-state index is 0.0269. The van der Waals surface area contributed by atoms with Crippen LogP contribution >= 0.6 is 11.3 Å². The zero-order valence-corrected chi connectivity index (χ0v) is 18.5. The predicted molar refractivity (Wildman–Crippen MR) is 122 cm³/mol. The van der Waals surface area contributed by atoms with Crippen molar-refractivity contribution in [2.24, 2.45) is 0 Å². The normalized spacial score (nSPS) is 14.3. The molecular formula is C23H32N4O2S. The van der Waals surface area contributed by atoms with E-state index in [-0.39, 0.29) is 11.9 Å². The van der Waals surface area contributed by atoms with Crippen LogP contribution in [0.2, 0.25) is 0 Å². The molecule has 0 radical (unpaired) electrons. The van der Waals surface area contributed by atoms with Crippen molar-refractivity contribution in [3.63, 3.8) is 0 Å². The number of thiazole rings is 1. The minimum atomic E-state index is -0.112. The SMILES string of the molecule is Cc1nc(-c2ccc(CCNC(=O)CCCNC(=O)NC3CCCCC3)cc2)cs1. The van der Waals surface area contributed by atoms with E-state index in [0.29, 0.717) is 32.0 Å². The molecule has 3 amide bonds. The van der Waals surface area contributed by atoms with Crippen LogP contribution < -0.4 is 16.0 Å². The standard InChI is InChI=1S/C23H32N4O2S/c1-17-26-21(16-30-17)19-11-9-18(10-12-19)13-15-24-22(28)8-5-14-25-23(29)27-20-6-3-2-4-7-20/h9-12,16,20H,2-8,13-15H2,1H3,(H,24,28)(H2,25,27,29). The lowest BCUT2D eigenvalue weighted by atomic mass is 9.96. The van der Waals surface area contributed by atoms with Gasteiger partial charge >= 0.3 is 6.03 Å². The second-order valence-electron chi connectivity index (χ2n) is 7.89. The molecule has 0 bridgehead atoms. The first-order chi connectivity index (χ1) is 14.6. The van der Waals surface area contributed by atoms with E-state index in [1.807, 2.05) is 6.92 Å². The van der Waals surface area contributed by atoms with Crippen molar-refractivity contribution in [3.05, 3.63) is 40.2 Å². The molecule has 0 saturated heterocycles.